The van der Waals surface area contributed by atoms with Crippen molar-refractivity contribution in [1.29, 1.82) is 0 Å². The number of carbonyl (C=O) groups excluding carboxylic acids is 1. The lowest BCUT2D eigenvalue weighted by Gasteiger charge is -2.11. The van der Waals surface area contributed by atoms with E-state index in [-0.39, 0.29) is 23.9 Å². The van der Waals surface area contributed by atoms with Gasteiger partial charge in [0.05, 0.1) is 13.1 Å². The van der Waals surface area contributed by atoms with Crippen LogP contribution in [-0.4, -0.2) is 51.4 Å². The standard InChI is InChI=1S/C12H16N4O3S/c1-16(2)12(17)9-15-20(18,19)11-6-10(4-3-5-13)7-14-8-11/h6-8,15H,5,9,13H2,1-2H3. The Morgan fingerprint density at radius 2 is 2.15 bits per heavy atom. The summed E-state index contributed by atoms with van der Waals surface area (Å²) < 4.78 is 26.2. The molecule has 0 saturated heterocycles. The zero-order valence-corrected chi connectivity index (χ0v) is 12.1. The van der Waals surface area contributed by atoms with Crippen LogP contribution in [0.5, 0.6) is 0 Å². The van der Waals surface area contributed by atoms with E-state index < -0.39 is 10.0 Å². The first-order chi connectivity index (χ1) is 9.36. The van der Waals surface area contributed by atoms with Gasteiger partial charge in [0, 0.05) is 32.1 Å². The quantitative estimate of drug-likeness (QED) is 0.676. The van der Waals surface area contributed by atoms with Crippen molar-refractivity contribution in [2.75, 3.05) is 27.2 Å². The number of nitrogens with zero attached hydrogens (tertiary/aromatic N) is 2. The molecule has 1 aromatic rings. The van der Waals surface area contributed by atoms with E-state index in [2.05, 4.69) is 21.5 Å². The normalized spacial score (nSPS) is 10.6. The number of nitrogens with two attached hydrogens (primary N) is 1. The van der Waals surface area contributed by atoms with Crippen LogP contribution >= 0.6 is 0 Å². The van der Waals surface area contributed by atoms with E-state index in [0.717, 1.165) is 0 Å². The van der Waals surface area contributed by atoms with Crippen molar-refractivity contribution in [3.63, 3.8) is 0 Å². The summed E-state index contributed by atoms with van der Waals surface area (Å²) in [7, 11) is -0.710. The van der Waals surface area contributed by atoms with Gasteiger partial charge >= 0.3 is 0 Å². The smallest absolute Gasteiger partial charge is 0.242 e. The fraction of sp³-hybridized carbons (Fsp3) is 0.333. The number of sulfonamides is 1. The molecule has 0 aliphatic rings. The van der Waals surface area contributed by atoms with E-state index >= 15 is 0 Å². The lowest BCUT2D eigenvalue weighted by molar-refractivity contribution is -0.127. The molecule has 7 nitrogen and oxygen atoms in total. The molecular weight excluding hydrogens is 280 g/mol. The molecular formula is C12H16N4O3S. The average molecular weight is 296 g/mol. The van der Waals surface area contributed by atoms with Gasteiger partial charge in [-0.1, -0.05) is 11.8 Å². The van der Waals surface area contributed by atoms with Crippen molar-refractivity contribution < 1.29 is 13.2 Å². The van der Waals surface area contributed by atoms with Crippen LogP contribution < -0.4 is 10.5 Å². The summed E-state index contributed by atoms with van der Waals surface area (Å²) in [5.41, 5.74) is 5.68. The number of likely N-dealkylation sites (N-methyl/N-ethyl adjacent to an activating group) is 1. The molecule has 0 aliphatic heterocycles. The molecule has 108 valence electrons. The lowest BCUT2D eigenvalue weighted by Crippen LogP contribution is -2.36. The molecule has 0 spiro atoms. The first-order valence-electron chi connectivity index (χ1n) is 5.70. The van der Waals surface area contributed by atoms with Crippen molar-refractivity contribution in [3.05, 3.63) is 24.0 Å². The number of aromatic nitrogens is 1. The molecule has 20 heavy (non-hydrogen) atoms. The van der Waals surface area contributed by atoms with E-state index in [1.807, 2.05) is 0 Å². The van der Waals surface area contributed by atoms with E-state index in [0.29, 0.717) is 5.56 Å². The van der Waals surface area contributed by atoms with Gasteiger partial charge in [0.2, 0.25) is 15.9 Å². The Labute approximate surface area is 118 Å². The Bertz CT molecular complexity index is 644. The second-order valence-corrected chi connectivity index (χ2v) is 5.79. The fourth-order valence-corrected chi connectivity index (χ4v) is 2.15. The monoisotopic (exact) mass is 296 g/mol. The van der Waals surface area contributed by atoms with Crippen molar-refractivity contribution >= 4 is 15.9 Å². The SMILES string of the molecule is CN(C)C(=O)CNS(=O)(=O)c1cncc(C#CCN)c1. The molecule has 0 unspecified atom stereocenters. The van der Waals surface area contributed by atoms with Crippen LogP contribution in [0.1, 0.15) is 5.56 Å². The third-order valence-electron chi connectivity index (χ3n) is 2.27. The van der Waals surface area contributed by atoms with Gasteiger partial charge in [0.15, 0.2) is 0 Å². The highest BCUT2D eigenvalue weighted by Gasteiger charge is 2.16. The van der Waals surface area contributed by atoms with Crippen molar-refractivity contribution in [3.8, 4) is 11.8 Å². The summed E-state index contributed by atoms with van der Waals surface area (Å²) in [5.74, 6) is 4.96. The zero-order chi connectivity index (χ0) is 15.2. The van der Waals surface area contributed by atoms with Gasteiger partial charge in [-0.25, -0.2) is 13.1 Å². The summed E-state index contributed by atoms with van der Waals surface area (Å²) in [6.45, 7) is -0.138. The number of carbonyl (C=O) groups is 1. The number of hydrogen-bond donors (Lipinski definition) is 2. The highest BCUT2D eigenvalue weighted by Crippen LogP contribution is 2.08. The summed E-state index contributed by atoms with van der Waals surface area (Å²) in [4.78, 5) is 16.4. The summed E-state index contributed by atoms with van der Waals surface area (Å²) in [6, 6.07) is 1.37. The van der Waals surface area contributed by atoms with E-state index in [4.69, 9.17) is 5.73 Å². The minimum Gasteiger partial charge on any atom is -0.348 e. The number of nitrogens with one attached hydrogen (secondary N) is 1. The summed E-state index contributed by atoms with van der Waals surface area (Å²) in [5, 5.41) is 0. The van der Waals surface area contributed by atoms with Gasteiger partial charge in [-0.15, -0.1) is 0 Å². The molecule has 1 heterocycles. The molecule has 0 saturated carbocycles. The van der Waals surface area contributed by atoms with Gasteiger partial charge in [0.25, 0.3) is 0 Å². The first-order valence-corrected chi connectivity index (χ1v) is 7.19. The highest BCUT2D eigenvalue weighted by atomic mass is 32.2. The Hall–Kier alpha value is -1.95. The number of hydrogen-bond acceptors (Lipinski definition) is 5. The van der Waals surface area contributed by atoms with Crippen molar-refractivity contribution in [2.45, 2.75) is 4.90 Å². The van der Waals surface area contributed by atoms with Gasteiger partial charge in [-0.05, 0) is 6.07 Å². The third kappa shape index (κ3) is 4.62. The predicted octanol–water partition coefficient (Wildman–Crippen LogP) is -1.24. The molecule has 0 radical (unpaired) electrons. The van der Waals surface area contributed by atoms with Gasteiger partial charge in [0.1, 0.15) is 4.90 Å². The molecule has 0 bridgehead atoms. The molecule has 3 N–H and O–H groups in total. The van der Waals surface area contributed by atoms with Crippen molar-refractivity contribution in [1.82, 2.24) is 14.6 Å². The van der Waals surface area contributed by atoms with E-state index in [9.17, 15) is 13.2 Å². The number of rotatable bonds is 4. The fourth-order valence-electron chi connectivity index (χ4n) is 1.19. The Balaban J connectivity index is 2.90. The van der Waals surface area contributed by atoms with Gasteiger partial charge < -0.3 is 10.6 Å². The van der Waals surface area contributed by atoms with Crippen LogP contribution in [0.4, 0.5) is 0 Å². The molecule has 8 heteroatoms. The maximum atomic E-state index is 12.0. The molecule has 1 aromatic heterocycles. The van der Waals surface area contributed by atoms with Crippen LogP contribution in [0.2, 0.25) is 0 Å². The van der Waals surface area contributed by atoms with Crippen LogP contribution in [0.15, 0.2) is 23.4 Å². The molecule has 0 fully saturated rings. The zero-order valence-electron chi connectivity index (χ0n) is 11.3. The Kier molecular flexibility index (Phi) is 5.64. The second kappa shape index (κ2) is 7.00. The Morgan fingerprint density at radius 3 is 2.75 bits per heavy atom. The minimum atomic E-state index is -3.80. The molecule has 0 atom stereocenters. The lowest BCUT2D eigenvalue weighted by atomic mass is 10.3. The van der Waals surface area contributed by atoms with E-state index in [1.165, 1.54) is 23.4 Å². The predicted molar refractivity (Wildman–Crippen MR) is 74.1 cm³/mol. The maximum absolute atomic E-state index is 12.0. The van der Waals surface area contributed by atoms with Crippen LogP contribution in [0, 0.1) is 11.8 Å². The molecule has 1 rings (SSSR count). The summed E-state index contributed by atoms with van der Waals surface area (Å²) >= 11 is 0. The first kappa shape index (κ1) is 16.1. The van der Waals surface area contributed by atoms with Crippen LogP contribution in [-0.2, 0) is 14.8 Å². The van der Waals surface area contributed by atoms with Crippen molar-refractivity contribution in [2.24, 2.45) is 5.73 Å². The van der Waals surface area contributed by atoms with E-state index in [1.54, 1.807) is 14.1 Å². The second-order valence-electron chi connectivity index (χ2n) is 4.03. The molecule has 1 amide bonds. The average Bonchev–Trinajstić information content (AvgIpc) is 2.42. The minimum absolute atomic E-state index is 0.0483. The maximum Gasteiger partial charge on any atom is 0.242 e. The number of amides is 1. The van der Waals surface area contributed by atoms with Gasteiger partial charge in [-0.2, -0.15) is 0 Å². The third-order valence-corrected chi connectivity index (χ3v) is 3.64. The summed E-state index contributed by atoms with van der Waals surface area (Å²) in [6.07, 6.45) is 2.63. The topological polar surface area (TPSA) is 105 Å². The van der Waals surface area contributed by atoms with Gasteiger partial charge in [-0.3, -0.25) is 9.78 Å². The molecule has 0 aromatic carbocycles. The molecule has 0 aliphatic carbocycles. The van der Waals surface area contributed by atoms with Crippen LogP contribution in [0.3, 0.4) is 0 Å². The largest absolute Gasteiger partial charge is 0.348 e. The highest BCUT2D eigenvalue weighted by molar-refractivity contribution is 7.89. The van der Waals surface area contributed by atoms with Crippen LogP contribution in [0.25, 0.3) is 0 Å². The Morgan fingerprint density at radius 1 is 1.45 bits per heavy atom. The number of pyridine rings is 1.